The van der Waals surface area contributed by atoms with E-state index in [2.05, 4.69) is 42.3 Å². The normalized spacial score (nSPS) is 11.1. The molecule has 0 spiro atoms. The predicted molar refractivity (Wildman–Crippen MR) is 77.7 cm³/mol. The molecular formula is C16H31N2+. The molecule has 0 bridgehead atoms. The zero-order chi connectivity index (χ0) is 13.2. The number of imidazole rings is 1. The van der Waals surface area contributed by atoms with Crippen molar-refractivity contribution in [2.75, 3.05) is 0 Å². The highest BCUT2D eigenvalue weighted by Crippen LogP contribution is 2.05. The van der Waals surface area contributed by atoms with Gasteiger partial charge in [-0.15, -0.1) is 0 Å². The van der Waals surface area contributed by atoms with Gasteiger partial charge in [0.15, 0.2) is 0 Å². The van der Waals surface area contributed by atoms with E-state index in [-0.39, 0.29) is 0 Å². The molecule has 0 radical (unpaired) electrons. The topological polar surface area (TPSA) is 8.81 Å². The van der Waals surface area contributed by atoms with Gasteiger partial charge in [0.2, 0.25) is 0 Å². The fourth-order valence-corrected chi connectivity index (χ4v) is 2.48. The van der Waals surface area contributed by atoms with Crippen molar-refractivity contribution in [1.82, 2.24) is 4.57 Å². The molecule has 18 heavy (non-hydrogen) atoms. The van der Waals surface area contributed by atoms with Gasteiger partial charge in [-0.05, 0) is 32.1 Å². The van der Waals surface area contributed by atoms with Crippen LogP contribution in [0, 0.1) is 0 Å². The molecule has 0 atom stereocenters. The first-order valence-electron chi connectivity index (χ1n) is 7.90. The first-order chi connectivity index (χ1) is 8.83. The second kappa shape index (κ2) is 9.18. The Hall–Kier alpha value is -0.790. The fourth-order valence-electron chi connectivity index (χ4n) is 2.48. The summed E-state index contributed by atoms with van der Waals surface area (Å²) in [5.41, 5.74) is 0. The van der Waals surface area contributed by atoms with Gasteiger partial charge in [0.1, 0.15) is 12.4 Å². The van der Waals surface area contributed by atoms with Crippen molar-refractivity contribution in [3.8, 4) is 0 Å². The van der Waals surface area contributed by atoms with Gasteiger partial charge in [0, 0.05) is 6.42 Å². The summed E-state index contributed by atoms with van der Waals surface area (Å²) in [6.45, 7) is 9.22. The Morgan fingerprint density at radius 2 is 1.67 bits per heavy atom. The highest BCUT2D eigenvalue weighted by Gasteiger charge is 2.15. The van der Waals surface area contributed by atoms with E-state index in [1.165, 1.54) is 70.3 Å². The van der Waals surface area contributed by atoms with Gasteiger partial charge in [0.25, 0.3) is 5.82 Å². The first-order valence-corrected chi connectivity index (χ1v) is 7.90. The lowest BCUT2D eigenvalue weighted by molar-refractivity contribution is -0.704. The minimum Gasteiger partial charge on any atom is -0.234 e. The van der Waals surface area contributed by atoms with Gasteiger partial charge in [-0.2, -0.15) is 0 Å². The van der Waals surface area contributed by atoms with Crippen molar-refractivity contribution >= 4 is 0 Å². The Labute approximate surface area is 113 Å². The molecule has 2 nitrogen and oxygen atoms in total. The van der Waals surface area contributed by atoms with E-state index >= 15 is 0 Å². The summed E-state index contributed by atoms with van der Waals surface area (Å²) in [6.07, 6.45) is 15.0. The molecule has 0 aliphatic carbocycles. The van der Waals surface area contributed by atoms with Crippen molar-refractivity contribution < 1.29 is 4.57 Å². The number of unbranched alkanes of at least 4 members (excludes halogenated alkanes) is 4. The van der Waals surface area contributed by atoms with Gasteiger partial charge in [0.05, 0.1) is 13.1 Å². The molecule has 0 unspecified atom stereocenters. The van der Waals surface area contributed by atoms with Crippen molar-refractivity contribution in [2.45, 2.75) is 85.2 Å². The Morgan fingerprint density at radius 3 is 2.33 bits per heavy atom. The molecule has 2 heteroatoms. The maximum atomic E-state index is 2.48. The Bertz CT molecular complexity index is 287. The molecule has 0 N–H and O–H groups in total. The Kier molecular flexibility index (Phi) is 7.79. The molecule has 0 saturated carbocycles. The van der Waals surface area contributed by atoms with Crippen molar-refractivity contribution in [2.24, 2.45) is 0 Å². The van der Waals surface area contributed by atoms with Crippen LogP contribution in [-0.4, -0.2) is 4.57 Å². The third-order valence-corrected chi connectivity index (χ3v) is 3.57. The number of rotatable bonds is 10. The zero-order valence-corrected chi connectivity index (χ0v) is 12.6. The van der Waals surface area contributed by atoms with Gasteiger partial charge in [-0.3, -0.25) is 0 Å². The summed E-state index contributed by atoms with van der Waals surface area (Å²) < 4.78 is 4.95. The number of aromatic nitrogens is 2. The van der Waals surface area contributed by atoms with Crippen LogP contribution in [0.3, 0.4) is 0 Å². The molecule has 1 aromatic rings. The van der Waals surface area contributed by atoms with E-state index in [0.717, 1.165) is 0 Å². The number of hydrogen-bond acceptors (Lipinski definition) is 0. The smallest absolute Gasteiger partial charge is 0.234 e. The Balaban J connectivity index is 2.59. The summed E-state index contributed by atoms with van der Waals surface area (Å²) in [5.74, 6) is 1.53. The molecule has 104 valence electrons. The molecule has 0 fully saturated rings. The Morgan fingerprint density at radius 1 is 0.944 bits per heavy atom. The van der Waals surface area contributed by atoms with Crippen molar-refractivity contribution in [3.63, 3.8) is 0 Å². The third-order valence-electron chi connectivity index (χ3n) is 3.57. The fraction of sp³-hybridized carbons (Fsp3) is 0.812. The van der Waals surface area contributed by atoms with E-state index in [4.69, 9.17) is 0 Å². The predicted octanol–water partition coefficient (Wildman–Crippen LogP) is 4.11. The summed E-state index contributed by atoms with van der Waals surface area (Å²) >= 11 is 0. The van der Waals surface area contributed by atoms with E-state index in [9.17, 15) is 0 Å². The van der Waals surface area contributed by atoms with Crippen molar-refractivity contribution in [1.29, 1.82) is 0 Å². The molecule has 0 aliphatic heterocycles. The summed E-state index contributed by atoms with van der Waals surface area (Å²) in [7, 11) is 0. The summed E-state index contributed by atoms with van der Waals surface area (Å²) in [4.78, 5) is 0. The SMILES string of the molecule is CCCCCn1cc[n+](CCCCC)c1CCC. The van der Waals surface area contributed by atoms with Gasteiger partial charge >= 0.3 is 0 Å². The molecule has 1 heterocycles. The zero-order valence-electron chi connectivity index (χ0n) is 12.6. The van der Waals surface area contributed by atoms with Crippen LogP contribution in [0.5, 0.6) is 0 Å². The lowest BCUT2D eigenvalue weighted by atomic mass is 10.2. The highest BCUT2D eigenvalue weighted by molar-refractivity contribution is 4.84. The van der Waals surface area contributed by atoms with Crippen LogP contribution in [0.2, 0.25) is 0 Å². The molecule has 0 saturated heterocycles. The molecule has 1 aromatic heterocycles. The monoisotopic (exact) mass is 251 g/mol. The second-order valence-electron chi connectivity index (χ2n) is 5.27. The van der Waals surface area contributed by atoms with Gasteiger partial charge in [-0.1, -0.05) is 33.6 Å². The van der Waals surface area contributed by atoms with Crippen LogP contribution in [0.4, 0.5) is 0 Å². The van der Waals surface area contributed by atoms with Crippen molar-refractivity contribution in [3.05, 3.63) is 18.2 Å². The molecule has 0 amide bonds. The molecule has 0 aromatic carbocycles. The number of hydrogen-bond donors (Lipinski definition) is 0. The van der Waals surface area contributed by atoms with Gasteiger partial charge in [-0.25, -0.2) is 9.13 Å². The van der Waals surface area contributed by atoms with E-state index in [1.807, 2.05) is 0 Å². The van der Waals surface area contributed by atoms with E-state index in [1.54, 1.807) is 0 Å². The molecule has 1 rings (SSSR count). The van der Waals surface area contributed by atoms with Crippen LogP contribution >= 0.6 is 0 Å². The number of aryl methyl sites for hydroxylation is 2. The lowest BCUT2D eigenvalue weighted by Gasteiger charge is -2.04. The third kappa shape index (κ3) is 4.83. The summed E-state index contributed by atoms with van der Waals surface area (Å²) in [6, 6.07) is 0. The molecule has 0 aliphatic rings. The maximum absolute atomic E-state index is 2.48. The molecular weight excluding hydrogens is 220 g/mol. The second-order valence-corrected chi connectivity index (χ2v) is 5.27. The summed E-state index contributed by atoms with van der Waals surface area (Å²) in [5, 5.41) is 0. The van der Waals surface area contributed by atoms with Crippen LogP contribution in [0.1, 0.15) is 71.5 Å². The minimum absolute atomic E-state index is 1.20. The first kappa shape index (κ1) is 15.3. The van der Waals surface area contributed by atoms with Crippen LogP contribution < -0.4 is 4.57 Å². The van der Waals surface area contributed by atoms with Crippen LogP contribution in [0.25, 0.3) is 0 Å². The van der Waals surface area contributed by atoms with E-state index in [0.29, 0.717) is 0 Å². The quantitative estimate of drug-likeness (QED) is 0.437. The average Bonchev–Trinajstić information content (AvgIpc) is 2.74. The average molecular weight is 251 g/mol. The standard InChI is InChI=1S/C16H31N2/c1-4-7-9-12-17-14-15-18(13-10-8-5-2)16(17)11-6-3/h14-15H,4-13H2,1-3H3/q+1. The van der Waals surface area contributed by atoms with Gasteiger partial charge < -0.3 is 0 Å². The maximum Gasteiger partial charge on any atom is 0.256 e. The van der Waals surface area contributed by atoms with Crippen LogP contribution in [-0.2, 0) is 19.5 Å². The highest BCUT2D eigenvalue weighted by atomic mass is 15.1. The lowest BCUT2D eigenvalue weighted by Crippen LogP contribution is -2.37. The minimum atomic E-state index is 1.20. The number of nitrogens with zero attached hydrogens (tertiary/aromatic N) is 2. The van der Waals surface area contributed by atoms with Crippen LogP contribution in [0.15, 0.2) is 12.4 Å². The van der Waals surface area contributed by atoms with E-state index < -0.39 is 0 Å². The largest absolute Gasteiger partial charge is 0.256 e.